The van der Waals surface area contributed by atoms with Crippen LogP contribution in [0.1, 0.15) is 38.2 Å². The molecule has 0 bridgehead atoms. The molecule has 1 saturated heterocycles. The molecule has 0 radical (unpaired) electrons. The predicted octanol–water partition coefficient (Wildman–Crippen LogP) is 1.74. The largest absolute Gasteiger partial charge is 0.497 e. The molecular weight excluding hydrogens is 382 g/mol. The van der Waals surface area contributed by atoms with Crippen molar-refractivity contribution in [3.05, 3.63) is 23.8 Å². The normalized spacial score (nSPS) is 15.6. The molecule has 0 aliphatic carbocycles. The molecule has 0 atom stereocenters. The quantitative estimate of drug-likeness (QED) is 0.287. The van der Waals surface area contributed by atoms with Gasteiger partial charge < -0.3 is 30.7 Å². The van der Waals surface area contributed by atoms with Crippen LogP contribution in [0.15, 0.2) is 23.2 Å². The van der Waals surface area contributed by atoms with Crippen molar-refractivity contribution in [3.63, 3.8) is 0 Å². The lowest BCUT2D eigenvalue weighted by Gasteiger charge is -2.30. The van der Waals surface area contributed by atoms with Gasteiger partial charge in [0.2, 0.25) is 5.91 Å². The summed E-state index contributed by atoms with van der Waals surface area (Å²) in [7, 11) is 3.30. The summed E-state index contributed by atoms with van der Waals surface area (Å²) in [5.41, 5.74) is 6.41. The van der Waals surface area contributed by atoms with Crippen LogP contribution in [0, 0.1) is 5.92 Å². The first-order valence-electron chi connectivity index (χ1n) is 10.8. The fraction of sp³-hybridized carbons (Fsp3) is 0.636. The number of benzene rings is 1. The molecule has 1 fully saturated rings. The second kappa shape index (κ2) is 13.0. The molecule has 0 saturated carbocycles. The van der Waals surface area contributed by atoms with Crippen LogP contribution in [0.3, 0.4) is 0 Å². The van der Waals surface area contributed by atoms with Crippen LogP contribution in [0.25, 0.3) is 0 Å². The predicted molar refractivity (Wildman–Crippen MR) is 120 cm³/mol. The molecule has 8 heteroatoms. The Morgan fingerprint density at radius 3 is 2.60 bits per heavy atom. The standard InChI is InChI=1S/C22H37N5O3/c1-4-24-22(26-16-18-7-8-19(29-2)15-20(18)30-3)25-11-5-6-12-27-13-9-17(10-14-27)21(23)28/h7-8,15,17H,4-6,9-14,16H2,1-3H3,(H2,23,28)(H2,24,25,26). The number of nitrogens with two attached hydrogens (primary N) is 1. The van der Waals surface area contributed by atoms with Crippen LogP contribution in [-0.4, -0.2) is 63.7 Å². The summed E-state index contributed by atoms with van der Waals surface area (Å²) in [6.07, 6.45) is 3.95. The molecule has 1 aliphatic rings. The highest BCUT2D eigenvalue weighted by Crippen LogP contribution is 2.25. The third-order valence-electron chi connectivity index (χ3n) is 5.43. The zero-order chi connectivity index (χ0) is 21.8. The Morgan fingerprint density at radius 1 is 1.20 bits per heavy atom. The monoisotopic (exact) mass is 419 g/mol. The highest BCUT2D eigenvalue weighted by Gasteiger charge is 2.22. The first kappa shape index (κ1) is 23.8. The van der Waals surface area contributed by atoms with Crippen molar-refractivity contribution in [1.82, 2.24) is 15.5 Å². The van der Waals surface area contributed by atoms with Gasteiger partial charge in [-0.3, -0.25) is 4.79 Å². The van der Waals surface area contributed by atoms with Gasteiger partial charge in [0.05, 0.1) is 20.8 Å². The molecule has 4 N–H and O–H groups in total. The van der Waals surface area contributed by atoms with Gasteiger partial charge in [-0.05, 0) is 64.4 Å². The number of rotatable bonds is 11. The smallest absolute Gasteiger partial charge is 0.220 e. The van der Waals surface area contributed by atoms with Gasteiger partial charge >= 0.3 is 0 Å². The zero-order valence-electron chi connectivity index (χ0n) is 18.6. The molecular formula is C22H37N5O3. The average Bonchev–Trinajstić information content (AvgIpc) is 2.77. The number of hydrogen-bond acceptors (Lipinski definition) is 5. The first-order valence-corrected chi connectivity index (χ1v) is 10.8. The zero-order valence-corrected chi connectivity index (χ0v) is 18.6. The summed E-state index contributed by atoms with van der Waals surface area (Å²) < 4.78 is 10.7. The van der Waals surface area contributed by atoms with Crippen LogP contribution >= 0.6 is 0 Å². The summed E-state index contributed by atoms with van der Waals surface area (Å²) in [5.74, 6) is 2.25. The van der Waals surface area contributed by atoms with E-state index in [2.05, 4.69) is 27.4 Å². The van der Waals surface area contributed by atoms with Gasteiger partial charge in [-0.1, -0.05) is 0 Å². The Morgan fingerprint density at radius 2 is 1.97 bits per heavy atom. The average molecular weight is 420 g/mol. The van der Waals surface area contributed by atoms with Crippen LogP contribution in [0.4, 0.5) is 0 Å². The van der Waals surface area contributed by atoms with Gasteiger partial charge in [0.25, 0.3) is 0 Å². The Hall–Kier alpha value is -2.48. The number of unbranched alkanes of at least 4 members (excludes halogenated alkanes) is 1. The number of nitrogens with one attached hydrogen (secondary N) is 2. The van der Waals surface area contributed by atoms with Gasteiger partial charge in [-0.2, -0.15) is 0 Å². The van der Waals surface area contributed by atoms with E-state index in [1.54, 1.807) is 14.2 Å². The van der Waals surface area contributed by atoms with Gasteiger partial charge in [0, 0.05) is 30.6 Å². The highest BCUT2D eigenvalue weighted by atomic mass is 16.5. The number of carbonyl (C=O) groups is 1. The number of methoxy groups -OCH3 is 2. The number of likely N-dealkylation sites (tertiary alicyclic amines) is 1. The fourth-order valence-electron chi connectivity index (χ4n) is 3.60. The Bertz CT molecular complexity index is 687. The number of guanidine groups is 1. The van der Waals surface area contributed by atoms with Gasteiger partial charge in [0.1, 0.15) is 11.5 Å². The lowest BCUT2D eigenvalue weighted by Crippen LogP contribution is -2.39. The fourth-order valence-corrected chi connectivity index (χ4v) is 3.60. The number of ether oxygens (including phenoxy) is 2. The Balaban J connectivity index is 1.73. The highest BCUT2D eigenvalue weighted by molar-refractivity contribution is 5.79. The lowest BCUT2D eigenvalue weighted by molar-refractivity contribution is -0.123. The molecule has 1 aliphatic heterocycles. The maximum Gasteiger partial charge on any atom is 0.220 e. The summed E-state index contributed by atoms with van der Waals surface area (Å²) in [6.45, 7) is 7.25. The number of nitrogens with zero attached hydrogens (tertiary/aromatic N) is 2. The maximum absolute atomic E-state index is 11.3. The van der Waals surface area contributed by atoms with E-state index in [9.17, 15) is 4.79 Å². The van der Waals surface area contributed by atoms with E-state index in [1.165, 1.54) is 0 Å². The van der Waals surface area contributed by atoms with Crippen molar-refractivity contribution in [3.8, 4) is 11.5 Å². The molecule has 2 rings (SSSR count). The SMILES string of the molecule is CCNC(=NCc1ccc(OC)cc1OC)NCCCCN1CCC(C(N)=O)CC1. The summed E-state index contributed by atoms with van der Waals surface area (Å²) in [4.78, 5) is 18.4. The number of amides is 1. The third-order valence-corrected chi connectivity index (χ3v) is 5.43. The van der Waals surface area contributed by atoms with Gasteiger partial charge in [0.15, 0.2) is 5.96 Å². The summed E-state index contributed by atoms with van der Waals surface area (Å²) in [6, 6.07) is 5.77. The second-order valence-electron chi connectivity index (χ2n) is 7.53. The molecule has 30 heavy (non-hydrogen) atoms. The second-order valence-corrected chi connectivity index (χ2v) is 7.53. The maximum atomic E-state index is 11.3. The van der Waals surface area contributed by atoms with E-state index < -0.39 is 0 Å². The molecule has 0 unspecified atom stereocenters. The molecule has 168 valence electrons. The van der Waals surface area contributed by atoms with E-state index in [0.29, 0.717) is 6.54 Å². The van der Waals surface area contributed by atoms with E-state index in [1.807, 2.05) is 18.2 Å². The topological polar surface area (TPSA) is 101 Å². The summed E-state index contributed by atoms with van der Waals surface area (Å²) >= 11 is 0. The first-order chi connectivity index (χ1) is 14.6. The minimum atomic E-state index is -0.152. The molecule has 1 amide bonds. The van der Waals surface area contributed by atoms with Crippen LogP contribution in [-0.2, 0) is 11.3 Å². The molecule has 0 aromatic heterocycles. The van der Waals surface area contributed by atoms with Crippen molar-refractivity contribution in [2.24, 2.45) is 16.6 Å². The summed E-state index contributed by atoms with van der Waals surface area (Å²) in [5, 5.41) is 6.69. The molecule has 1 aromatic rings. The van der Waals surface area contributed by atoms with E-state index in [4.69, 9.17) is 15.2 Å². The van der Waals surface area contributed by atoms with E-state index in [0.717, 1.165) is 81.4 Å². The molecule has 0 spiro atoms. The van der Waals surface area contributed by atoms with Crippen LogP contribution in [0.2, 0.25) is 0 Å². The van der Waals surface area contributed by atoms with Crippen LogP contribution < -0.4 is 25.8 Å². The molecule has 1 aromatic carbocycles. The molecule has 8 nitrogen and oxygen atoms in total. The minimum absolute atomic E-state index is 0.0612. The van der Waals surface area contributed by atoms with Crippen molar-refractivity contribution < 1.29 is 14.3 Å². The Labute approximate surface area is 180 Å². The van der Waals surface area contributed by atoms with Crippen molar-refractivity contribution >= 4 is 11.9 Å². The number of carbonyl (C=O) groups excluding carboxylic acids is 1. The van der Waals surface area contributed by atoms with E-state index in [-0.39, 0.29) is 11.8 Å². The molecule has 1 heterocycles. The minimum Gasteiger partial charge on any atom is -0.497 e. The number of piperidine rings is 1. The third kappa shape index (κ3) is 7.74. The number of aliphatic imine (C=N–C) groups is 1. The van der Waals surface area contributed by atoms with Crippen molar-refractivity contribution in [1.29, 1.82) is 0 Å². The van der Waals surface area contributed by atoms with Crippen molar-refractivity contribution in [2.45, 2.75) is 39.2 Å². The number of hydrogen-bond donors (Lipinski definition) is 3. The van der Waals surface area contributed by atoms with Gasteiger partial charge in [-0.15, -0.1) is 0 Å². The Kier molecular flexibility index (Phi) is 10.3. The van der Waals surface area contributed by atoms with Crippen molar-refractivity contribution in [2.75, 3.05) is 46.9 Å². The number of primary amides is 1. The van der Waals surface area contributed by atoms with Gasteiger partial charge in [-0.25, -0.2) is 4.99 Å². The van der Waals surface area contributed by atoms with E-state index >= 15 is 0 Å². The van der Waals surface area contributed by atoms with Crippen LogP contribution in [0.5, 0.6) is 11.5 Å². The lowest BCUT2D eigenvalue weighted by atomic mass is 9.96.